The van der Waals surface area contributed by atoms with Crippen molar-refractivity contribution in [3.63, 3.8) is 0 Å². The molecule has 0 fully saturated rings. The second-order valence-corrected chi connectivity index (χ2v) is 8.14. The molecule has 144 valence electrons. The second kappa shape index (κ2) is 5.39. The van der Waals surface area contributed by atoms with Gasteiger partial charge < -0.3 is 9.55 Å². The van der Waals surface area contributed by atoms with Gasteiger partial charge in [-0.05, 0) is 25.0 Å². The number of aromatic amines is 1. The number of hydrogen-bond acceptors (Lipinski definition) is 2. The number of benzene rings is 3. The molecule has 3 heterocycles. The highest BCUT2D eigenvalue weighted by atomic mass is 16.2. The van der Waals surface area contributed by atoms with Gasteiger partial charge in [-0.15, -0.1) is 0 Å². The minimum Gasteiger partial charge on any atom is -0.353 e. The predicted molar refractivity (Wildman–Crippen MR) is 118 cm³/mol. The van der Waals surface area contributed by atoms with E-state index in [1.165, 1.54) is 0 Å². The number of imide groups is 1. The fourth-order valence-corrected chi connectivity index (χ4v) is 5.45. The number of H-pyrrole nitrogens is 1. The molecule has 1 aliphatic carbocycles. The Bertz CT molecular complexity index is 1620. The molecular weight excluding hydrogens is 374 g/mol. The maximum atomic E-state index is 13.0. The molecule has 0 spiro atoms. The van der Waals surface area contributed by atoms with Gasteiger partial charge in [0, 0.05) is 32.6 Å². The van der Waals surface area contributed by atoms with Crippen LogP contribution >= 0.6 is 0 Å². The van der Waals surface area contributed by atoms with E-state index in [0.717, 1.165) is 56.5 Å². The first-order valence-electron chi connectivity index (χ1n) is 10.3. The van der Waals surface area contributed by atoms with Crippen molar-refractivity contribution in [1.29, 1.82) is 0 Å². The summed E-state index contributed by atoms with van der Waals surface area (Å²) in [5, 5.41) is 6.22. The van der Waals surface area contributed by atoms with Crippen molar-refractivity contribution in [2.24, 2.45) is 0 Å². The molecule has 3 aromatic carbocycles. The van der Waals surface area contributed by atoms with Crippen molar-refractivity contribution in [1.82, 2.24) is 14.9 Å². The monoisotopic (exact) mass is 391 g/mol. The highest BCUT2D eigenvalue weighted by Crippen LogP contribution is 2.45. The van der Waals surface area contributed by atoms with Crippen LogP contribution < -0.4 is 5.32 Å². The van der Waals surface area contributed by atoms with Crippen LogP contribution in [0.1, 0.15) is 39.6 Å². The number of fused-ring (bicyclic) bond motifs is 10. The number of amides is 2. The third kappa shape index (κ3) is 1.78. The van der Waals surface area contributed by atoms with Gasteiger partial charge in [-0.1, -0.05) is 48.6 Å². The first kappa shape index (κ1) is 16.0. The van der Waals surface area contributed by atoms with Crippen molar-refractivity contribution < 1.29 is 9.59 Å². The number of hydrogen-bond donors (Lipinski definition) is 2. The summed E-state index contributed by atoms with van der Waals surface area (Å²) in [7, 11) is 0. The van der Waals surface area contributed by atoms with Gasteiger partial charge in [0.2, 0.25) is 0 Å². The molecule has 5 heteroatoms. The molecule has 30 heavy (non-hydrogen) atoms. The normalized spacial score (nSPS) is 18.3. The van der Waals surface area contributed by atoms with Gasteiger partial charge in [-0.2, -0.15) is 0 Å². The predicted octanol–water partition coefficient (Wildman–Crippen LogP) is 5.20. The summed E-state index contributed by atoms with van der Waals surface area (Å²) in [6, 6.07) is 16.4. The Kier molecular flexibility index (Phi) is 2.87. The molecule has 5 nitrogen and oxygen atoms in total. The topological polar surface area (TPSA) is 66.9 Å². The molecule has 1 unspecified atom stereocenters. The SMILES string of the molecule is O=C1NC(=O)c2c1c1c3ccccc3[nH]c1c1c2c2ccccc2n1C1C=CCC1. The third-order valence-electron chi connectivity index (χ3n) is 6.60. The van der Waals surface area contributed by atoms with Crippen molar-refractivity contribution >= 4 is 55.4 Å². The van der Waals surface area contributed by atoms with Crippen LogP contribution in [0.2, 0.25) is 0 Å². The average molecular weight is 391 g/mol. The molecule has 0 saturated heterocycles. The summed E-state index contributed by atoms with van der Waals surface area (Å²) in [5.74, 6) is -0.624. The number of para-hydroxylation sites is 2. The number of allylic oxidation sites excluding steroid dienone is 2. The zero-order chi connectivity index (χ0) is 20.0. The van der Waals surface area contributed by atoms with Crippen molar-refractivity contribution in [3.8, 4) is 0 Å². The lowest BCUT2D eigenvalue weighted by Gasteiger charge is -2.15. The third-order valence-corrected chi connectivity index (χ3v) is 6.60. The molecule has 1 aliphatic heterocycles. The Morgan fingerprint density at radius 1 is 0.867 bits per heavy atom. The number of aromatic nitrogens is 2. The molecular formula is C25H17N3O2. The van der Waals surface area contributed by atoms with Gasteiger partial charge in [-0.3, -0.25) is 14.9 Å². The Balaban J connectivity index is 1.85. The number of nitrogens with zero attached hydrogens (tertiary/aromatic N) is 1. The van der Waals surface area contributed by atoms with Crippen LogP contribution in [-0.4, -0.2) is 21.4 Å². The zero-order valence-electron chi connectivity index (χ0n) is 16.0. The molecule has 2 aromatic heterocycles. The number of carbonyl (C=O) groups excluding carboxylic acids is 2. The first-order valence-corrected chi connectivity index (χ1v) is 10.3. The largest absolute Gasteiger partial charge is 0.353 e. The fraction of sp³-hybridized carbons (Fsp3) is 0.120. The molecule has 7 rings (SSSR count). The summed E-state index contributed by atoms with van der Waals surface area (Å²) in [4.78, 5) is 29.5. The summed E-state index contributed by atoms with van der Waals surface area (Å²) in [6.45, 7) is 0. The minimum atomic E-state index is -0.316. The van der Waals surface area contributed by atoms with Crippen LogP contribution in [0.15, 0.2) is 60.7 Å². The van der Waals surface area contributed by atoms with Gasteiger partial charge in [0.05, 0.1) is 28.2 Å². The van der Waals surface area contributed by atoms with E-state index in [0.29, 0.717) is 11.1 Å². The van der Waals surface area contributed by atoms with E-state index in [9.17, 15) is 9.59 Å². The van der Waals surface area contributed by atoms with Gasteiger partial charge in [0.1, 0.15) is 0 Å². The summed E-state index contributed by atoms with van der Waals surface area (Å²) < 4.78 is 2.35. The second-order valence-electron chi connectivity index (χ2n) is 8.14. The number of nitrogens with one attached hydrogen (secondary N) is 2. The van der Waals surface area contributed by atoms with Crippen LogP contribution in [0.3, 0.4) is 0 Å². The lowest BCUT2D eigenvalue weighted by atomic mass is 9.96. The zero-order valence-corrected chi connectivity index (χ0v) is 16.0. The molecule has 2 N–H and O–H groups in total. The van der Waals surface area contributed by atoms with E-state index in [-0.39, 0.29) is 17.9 Å². The van der Waals surface area contributed by atoms with E-state index >= 15 is 0 Å². The average Bonchev–Trinajstić information content (AvgIpc) is 3.51. The van der Waals surface area contributed by atoms with E-state index in [1.54, 1.807) is 0 Å². The standard InChI is InChI=1S/C25H17N3O2/c29-24-20-18-14-9-3-5-11-16(14)26-22(18)23-19(21(20)25(30)27-24)15-10-4-6-12-17(15)28(23)13-7-1-2-8-13/h1,3-7,9-13,26H,2,8H2,(H,27,29,30). The Labute approximate surface area is 171 Å². The molecule has 2 amide bonds. The lowest BCUT2D eigenvalue weighted by molar-refractivity contribution is 0.0880. The van der Waals surface area contributed by atoms with Gasteiger partial charge >= 0.3 is 0 Å². The van der Waals surface area contributed by atoms with Crippen molar-refractivity contribution in [2.75, 3.05) is 0 Å². The van der Waals surface area contributed by atoms with Crippen molar-refractivity contribution in [3.05, 3.63) is 71.8 Å². The Hall–Kier alpha value is -3.86. The van der Waals surface area contributed by atoms with Crippen LogP contribution in [0.4, 0.5) is 0 Å². The number of rotatable bonds is 1. The summed E-state index contributed by atoms with van der Waals surface area (Å²) >= 11 is 0. The molecule has 0 saturated carbocycles. The maximum Gasteiger partial charge on any atom is 0.259 e. The summed E-state index contributed by atoms with van der Waals surface area (Å²) in [6.07, 6.45) is 6.53. The Morgan fingerprint density at radius 2 is 1.60 bits per heavy atom. The van der Waals surface area contributed by atoms with E-state index in [2.05, 4.69) is 39.2 Å². The molecule has 5 aromatic rings. The van der Waals surface area contributed by atoms with E-state index < -0.39 is 0 Å². The molecule has 0 radical (unpaired) electrons. The van der Waals surface area contributed by atoms with Gasteiger partial charge in [-0.25, -0.2) is 0 Å². The maximum absolute atomic E-state index is 13.0. The molecule has 0 bridgehead atoms. The van der Waals surface area contributed by atoms with E-state index in [1.807, 2.05) is 36.4 Å². The van der Waals surface area contributed by atoms with Crippen LogP contribution in [0.5, 0.6) is 0 Å². The van der Waals surface area contributed by atoms with Crippen LogP contribution in [-0.2, 0) is 0 Å². The van der Waals surface area contributed by atoms with Crippen LogP contribution in [0, 0.1) is 0 Å². The molecule has 2 aliphatic rings. The lowest BCUT2D eigenvalue weighted by Crippen LogP contribution is -2.20. The summed E-state index contributed by atoms with van der Waals surface area (Å²) in [5.41, 5.74) is 4.97. The highest BCUT2D eigenvalue weighted by Gasteiger charge is 2.36. The Morgan fingerprint density at radius 3 is 2.40 bits per heavy atom. The van der Waals surface area contributed by atoms with Crippen LogP contribution in [0.25, 0.3) is 43.6 Å². The van der Waals surface area contributed by atoms with Crippen molar-refractivity contribution in [2.45, 2.75) is 18.9 Å². The van der Waals surface area contributed by atoms with E-state index in [4.69, 9.17) is 0 Å². The first-order chi connectivity index (χ1) is 14.7. The minimum absolute atomic E-state index is 0.222. The molecule has 1 atom stereocenters. The smallest absolute Gasteiger partial charge is 0.259 e. The fourth-order valence-electron chi connectivity index (χ4n) is 5.45. The number of carbonyl (C=O) groups is 2. The quantitative estimate of drug-likeness (QED) is 0.304. The van der Waals surface area contributed by atoms with Gasteiger partial charge in [0.25, 0.3) is 11.8 Å². The van der Waals surface area contributed by atoms with Gasteiger partial charge in [0.15, 0.2) is 0 Å². The highest BCUT2D eigenvalue weighted by molar-refractivity contribution is 6.39.